The van der Waals surface area contributed by atoms with E-state index in [0.29, 0.717) is 5.95 Å². The highest BCUT2D eigenvalue weighted by Crippen LogP contribution is 2.20. The Kier molecular flexibility index (Phi) is 2.37. The Morgan fingerprint density at radius 3 is 2.74 bits per heavy atom. The number of nitrogens with two attached hydrogens (primary N) is 1. The molecule has 8 nitrogen and oxygen atoms in total. The Balaban J connectivity index is 2.25. The highest BCUT2D eigenvalue weighted by atomic mass is 16.4. The van der Waals surface area contributed by atoms with Crippen LogP contribution in [0.4, 0.5) is 11.8 Å². The summed E-state index contributed by atoms with van der Waals surface area (Å²) in [5.41, 5.74) is 4.96. The fourth-order valence-electron chi connectivity index (χ4n) is 1.95. The van der Waals surface area contributed by atoms with Crippen molar-refractivity contribution in [2.45, 2.75) is 6.42 Å². The van der Waals surface area contributed by atoms with Crippen LogP contribution in [0.1, 0.15) is 16.8 Å². The number of aromatic amines is 1. The molecule has 3 heterocycles. The lowest BCUT2D eigenvalue weighted by Gasteiger charge is -2.30. The summed E-state index contributed by atoms with van der Waals surface area (Å²) in [6.07, 6.45) is 2.19. The number of hydrogen-bond acceptors (Lipinski definition) is 6. The number of pyridine rings is 1. The van der Waals surface area contributed by atoms with Crippen molar-refractivity contribution in [2.24, 2.45) is 0 Å². The fourth-order valence-corrected chi connectivity index (χ4v) is 1.95. The second-order valence-corrected chi connectivity index (χ2v) is 4.31. The van der Waals surface area contributed by atoms with E-state index in [4.69, 9.17) is 10.8 Å². The number of H-pyrrole nitrogens is 1. The van der Waals surface area contributed by atoms with Gasteiger partial charge in [-0.2, -0.15) is 9.97 Å². The second kappa shape index (κ2) is 3.94. The average Bonchev–Trinajstić information content (AvgIpc) is 2.25. The number of carbonyl (C=O) groups is 1. The van der Waals surface area contributed by atoms with Gasteiger partial charge in [0.2, 0.25) is 11.4 Å². The van der Waals surface area contributed by atoms with Crippen molar-refractivity contribution >= 4 is 28.8 Å². The molecule has 0 spiro atoms. The minimum absolute atomic E-state index is 0.00347. The summed E-state index contributed by atoms with van der Waals surface area (Å²) in [5, 5.41) is 8.91. The standard InChI is InChI=1S/C11H11N5O3/c12-8-6-7(17)5(10(18)19)4-13-9(6)15-11(14-8)16-2-1-3-16/h4H,1-3H2,(H,18,19)(H3,12,13,14,15,17). The van der Waals surface area contributed by atoms with Gasteiger partial charge in [-0.3, -0.25) is 4.79 Å². The largest absolute Gasteiger partial charge is 0.477 e. The first-order chi connectivity index (χ1) is 9.08. The van der Waals surface area contributed by atoms with Gasteiger partial charge in [0.25, 0.3) is 0 Å². The SMILES string of the molecule is Nc1nc(N2CCC2)nc2[nH]cc(C(=O)O)c(=O)c12. The number of fused-ring (bicyclic) bond motifs is 1. The van der Waals surface area contributed by atoms with Crippen molar-refractivity contribution in [2.75, 3.05) is 23.7 Å². The third kappa shape index (κ3) is 1.68. The topological polar surface area (TPSA) is 125 Å². The summed E-state index contributed by atoms with van der Waals surface area (Å²) in [6.45, 7) is 1.70. The van der Waals surface area contributed by atoms with Crippen LogP contribution in [-0.2, 0) is 0 Å². The molecule has 1 fully saturated rings. The number of rotatable bonds is 2. The van der Waals surface area contributed by atoms with E-state index in [-0.39, 0.29) is 22.4 Å². The summed E-state index contributed by atoms with van der Waals surface area (Å²) in [5.74, 6) is -0.861. The third-order valence-electron chi connectivity index (χ3n) is 3.12. The second-order valence-electron chi connectivity index (χ2n) is 4.31. The van der Waals surface area contributed by atoms with Gasteiger partial charge >= 0.3 is 5.97 Å². The van der Waals surface area contributed by atoms with Gasteiger partial charge in [-0.1, -0.05) is 0 Å². The van der Waals surface area contributed by atoms with Crippen molar-refractivity contribution in [3.8, 4) is 0 Å². The summed E-state index contributed by atoms with van der Waals surface area (Å²) < 4.78 is 0. The molecule has 8 heteroatoms. The van der Waals surface area contributed by atoms with Crippen molar-refractivity contribution in [3.05, 3.63) is 22.0 Å². The van der Waals surface area contributed by atoms with Gasteiger partial charge in [0.05, 0.1) is 0 Å². The van der Waals surface area contributed by atoms with E-state index in [1.165, 1.54) is 0 Å². The number of aromatic carboxylic acids is 1. The van der Waals surface area contributed by atoms with Gasteiger partial charge in [0, 0.05) is 19.3 Å². The van der Waals surface area contributed by atoms with Gasteiger partial charge in [-0.05, 0) is 6.42 Å². The number of carboxylic acids is 1. The zero-order chi connectivity index (χ0) is 13.6. The number of aromatic nitrogens is 3. The number of nitrogens with one attached hydrogen (secondary N) is 1. The van der Waals surface area contributed by atoms with Crippen molar-refractivity contribution in [3.63, 3.8) is 0 Å². The van der Waals surface area contributed by atoms with Gasteiger partial charge in [-0.25, -0.2) is 4.79 Å². The minimum atomic E-state index is -1.31. The minimum Gasteiger partial charge on any atom is -0.477 e. The van der Waals surface area contributed by atoms with Gasteiger partial charge < -0.3 is 20.7 Å². The van der Waals surface area contributed by atoms with E-state index < -0.39 is 11.4 Å². The van der Waals surface area contributed by atoms with Crippen molar-refractivity contribution in [1.29, 1.82) is 0 Å². The molecule has 1 aliphatic heterocycles. The molecule has 4 N–H and O–H groups in total. The van der Waals surface area contributed by atoms with Crippen LogP contribution in [0.2, 0.25) is 0 Å². The highest BCUT2D eigenvalue weighted by Gasteiger charge is 2.21. The van der Waals surface area contributed by atoms with Gasteiger partial charge in [0.1, 0.15) is 22.4 Å². The Bertz CT molecular complexity index is 735. The maximum Gasteiger partial charge on any atom is 0.341 e. The predicted molar refractivity (Wildman–Crippen MR) is 68.4 cm³/mol. The lowest BCUT2D eigenvalue weighted by atomic mass is 10.2. The van der Waals surface area contributed by atoms with Crippen LogP contribution >= 0.6 is 0 Å². The molecule has 19 heavy (non-hydrogen) atoms. The van der Waals surface area contributed by atoms with Gasteiger partial charge in [-0.15, -0.1) is 0 Å². The smallest absolute Gasteiger partial charge is 0.341 e. The number of anilines is 2. The zero-order valence-electron chi connectivity index (χ0n) is 9.88. The maximum absolute atomic E-state index is 12.0. The monoisotopic (exact) mass is 261 g/mol. The Labute approximate surface area is 106 Å². The lowest BCUT2D eigenvalue weighted by Crippen LogP contribution is -2.38. The van der Waals surface area contributed by atoms with E-state index in [9.17, 15) is 9.59 Å². The van der Waals surface area contributed by atoms with Gasteiger partial charge in [0.15, 0.2) is 0 Å². The van der Waals surface area contributed by atoms with Crippen LogP contribution in [0.5, 0.6) is 0 Å². The van der Waals surface area contributed by atoms with Crippen LogP contribution in [-0.4, -0.2) is 39.1 Å². The highest BCUT2D eigenvalue weighted by molar-refractivity contribution is 5.94. The Morgan fingerprint density at radius 2 is 2.16 bits per heavy atom. The molecule has 2 aromatic rings. The van der Waals surface area contributed by atoms with Crippen molar-refractivity contribution < 1.29 is 9.90 Å². The molecule has 2 aromatic heterocycles. The quantitative estimate of drug-likeness (QED) is 0.684. The normalized spacial score (nSPS) is 14.4. The molecule has 1 saturated heterocycles. The maximum atomic E-state index is 12.0. The van der Waals surface area contributed by atoms with E-state index >= 15 is 0 Å². The third-order valence-corrected chi connectivity index (χ3v) is 3.12. The number of nitrogen functional groups attached to an aromatic ring is 1. The fraction of sp³-hybridized carbons (Fsp3) is 0.273. The van der Waals surface area contributed by atoms with Crippen LogP contribution in [0, 0.1) is 0 Å². The summed E-state index contributed by atoms with van der Waals surface area (Å²) in [4.78, 5) is 35.8. The number of hydrogen-bond donors (Lipinski definition) is 3. The van der Waals surface area contributed by atoms with Crippen LogP contribution in [0.25, 0.3) is 11.0 Å². The first-order valence-corrected chi connectivity index (χ1v) is 5.75. The molecular weight excluding hydrogens is 250 g/mol. The van der Waals surface area contributed by atoms with E-state index in [2.05, 4.69) is 15.0 Å². The van der Waals surface area contributed by atoms with Crippen LogP contribution in [0.3, 0.4) is 0 Å². The number of carboxylic acid groups (broad SMARTS) is 1. The average molecular weight is 261 g/mol. The molecule has 0 saturated carbocycles. The molecule has 0 unspecified atom stereocenters. The summed E-state index contributed by atoms with van der Waals surface area (Å²) in [7, 11) is 0. The predicted octanol–water partition coefficient (Wildman–Crippen LogP) is -0.191. The van der Waals surface area contributed by atoms with E-state index in [0.717, 1.165) is 25.7 Å². The lowest BCUT2D eigenvalue weighted by molar-refractivity contribution is 0.0695. The molecular formula is C11H11N5O3. The Morgan fingerprint density at radius 1 is 1.42 bits per heavy atom. The molecule has 0 atom stereocenters. The molecule has 98 valence electrons. The summed E-state index contributed by atoms with van der Waals surface area (Å²) >= 11 is 0. The first-order valence-electron chi connectivity index (χ1n) is 5.75. The van der Waals surface area contributed by atoms with Crippen LogP contribution in [0.15, 0.2) is 11.0 Å². The van der Waals surface area contributed by atoms with E-state index in [1.807, 2.05) is 4.90 Å². The molecule has 1 aliphatic rings. The van der Waals surface area contributed by atoms with Crippen molar-refractivity contribution in [1.82, 2.24) is 15.0 Å². The molecule has 0 aromatic carbocycles. The zero-order valence-corrected chi connectivity index (χ0v) is 9.88. The molecule has 0 bridgehead atoms. The molecule has 0 aliphatic carbocycles. The molecule has 3 rings (SSSR count). The summed E-state index contributed by atoms with van der Waals surface area (Å²) in [6, 6.07) is 0. The first kappa shape index (κ1) is 11.5. The Hall–Kier alpha value is -2.64. The van der Waals surface area contributed by atoms with E-state index in [1.54, 1.807) is 0 Å². The molecule has 0 radical (unpaired) electrons. The molecule has 0 amide bonds. The number of nitrogens with zero attached hydrogens (tertiary/aromatic N) is 3. The van der Waals surface area contributed by atoms with Crippen LogP contribution < -0.4 is 16.1 Å².